The minimum atomic E-state index is -3.67. The minimum Gasteiger partial charge on any atom is -0.398 e. The van der Waals surface area contributed by atoms with E-state index in [1.54, 1.807) is 7.05 Å². The van der Waals surface area contributed by atoms with Gasteiger partial charge >= 0.3 is 0 Å². The van der Waals surface area contributed by atoms with E-state index in [1.807, 2.05) is 0 Å². The van der Waals surface area contributed by atoms with Gasteiger partial charge in [-0.15, -0.1) is 0 Å². The van der Waals surface area contributed by atoms with Gasteiger partial charge in [-0.05, 0) is 31.9 Å². The summed E-state index contributed by atoms with van der Waals surface area (Å²) in [5, 5.41) is 0. The maximum Gasteiger partial charge on any atom is 0.243 e. The molecule has 106 valence electrons. The summed E-state index contributed by atoms with van der Waals surface area (Å²) in [6, 6.07) is 2.39. The smallest absolute Gasteiger partial charge is 0.243 e. The second-order valence-electron chi connectivity index (χ2n) is 5.08. The van der Waals surface area contributed by atoms with Crippen molar-refractivity contribution in [1.29, 1.82) is 0 Å². The fourth-order valence-electron chi connectivity index (χ4n) is 2.45. The molecule has 19 heavy (non-hydrogen) atoms. The Balaban J connectivity index is 2.39. The van der Waals surface area contributed by atoms with Gasteiger partial charge in [0.05, 0.1) is 4.90 Å². The van der Waals surface area contributed by atoms with Crippen LogP contribution in [-0.4, -0.2) is 25.8 Å². The van der Waals surface area contributed by atoms with Crippen molar-refractivity contribution in [1.82, 2.24) is 4.31 Å². The first-order valence-electron chi connectivity index (χ1n) is 6.37. The van der Waals surface area contributed by atoms with Crippen molar-refractivity contribution in [2.45, 2.75) is 43.5 Å². The average Bonchev–Trinajstić information content (AvgIpc) is 2.87. The predicted molar refractivity (Wildman–Crippen MR) is 72.8 cm³/mol. The van der Waals surface area contributed by atoms with Crippen LogP contribution in [0.25, 0.3) is 0 Å². The first-order chi connectivity index (χ1) is 8.84. The molecule has 0 aromatic heterocycles. The fraction of sp³-hybridized carbons (Fsp3) is 0.538. The molecule has 0 bridgehead atoms. The van der Waals surface area contributed by atoms with E-state index in [4.69, 9.17) is 5.73 Å². The van der Waals surface area contributed by atoms with Crippen molar-refractivity contribution in [3.05, 3.63) is 23.5 Å². The summed E-state index contributed by atoms with van der Waals surface area (Å²) in [5.41, 5.74) is 6.09. The van der Waals surface area contributed by atoms with Crippen molar-refractivity contribution >= 4 is 15.7 Å². The highest BCUT2D eigenvalue weighted by Crippen LogP contribution is 2.29. The molecule has 0 atom stereocenters. The van der Waals surface area contributed by atoms with E-state index < -0.39 is 15.8 Å². The monoisotopic (exact) mass is 286 g/mol. The third kappa shape index (κ3) is 2.60. The van der Waals surface area contributed by atoms with Gasteiger partial charge in [-0.25, -0.2) is 12.8 Å². The highest BCUT2D eigenvalue weighted by molar-refractivity contribution is 7.89. The standard InChI is InChI=1S/C13H19FN2O2S/c1-9-12(14)7-11(8-13(9)15)19(17,18)16(2)10-5-3-4-6-10/h7-8,10H,3-6,15H2,1-2H3. The Morgan fingerprint density at radius 2 is 1.89 bits per heavy atom. The molecule has 6 heteroatoms. The van der Waals surface area contributed by atoms with Gasteiger partial charge < -0.3 is 5.73 Å². The van der Waals surface area contributed by atoms with Crippen LogP contribution in [0.3, 0.4) is 0 Å². The first kappa shape index (κ1) is 14.3. The Morgan fingerprint density at radius 1 is 1.32 bits per heavy atom. The number of hydrogen-bond acceptors (Lipinski definition) is 3. The Bertz CT molecular complexity index is 557. The summed E-state index contributed by atoms with van der Waals surface area (Å²) in [6.07, 6.45) is 3.79. The first-order valence-corrected chi connectivity index (χ1v) is 7.81. The molecule has 0 radical (unpaired) electrons. The zero-order valence-corrected chi connectivity index (χ0v) is 12.0. The van der Waals surface area contributed by atoms with Gasteiger partial charge in [0.25, 0.3) is 0 Å². The van der Waals surface area contributed by atoms with Gasteiger partial charge in [-0.2, -0.15) is 4.31 Å². The molecule has 2 N–H and O–H groups in total. The lowest BCUT2D eigenvalue weighted by atomic mass is 10.2. The van der Waals surface area contributed by atoms with E-state index in [0.717, 1.165) is 31.7 Å². The largest absolute Gasteiger partial charge is 0.398 e. The molecule has 0 heterocycles. The molecule has 1 fully saturated rings. The van der Waals surface area contributed by atoms with Gasteiger partial charge in [0, 0.05) is 24.3 Å². The van der Waals surface area contributed by atoms with E-state index in [0.29, 0.717) is 0 Å². The molecular formula is C13H19FN2O2S. The van der Waals surface area contributed by atoms with Crippen molar-refractivity contribution in [2.24, 2.45) is 0 Å². The van der Waals surface area contributed by atoms with Crippen molar-refractivity contribution in [3.63, 3.8) is 0 Å². The van der Waals surface area contributed by atoms with E-state index in [9.17, 15) is 12.8 Å². The summed E-state index contributed by atoms with van der Waals surface area (Å²) < 4.78 is 39.9. The normalized spacial score (nSPS) is 17.3. The molecule has 0 saturated heterocycles. The predicted octanol–water partition coefficient (Wildman–Crippen LogP) is 2.28. The molecular weight excluding hydrogens is 267 g/mol. The van der Waals surface area contributed by atoms with E-state index in [2.05, 4.69) is 0 Å². The lowest BCUT2D eigenvalue weighted by Crippen LogP contribution is -2.35. The zero-order valence-electron chi connectivity index (χ0n) is 11.2. The molecule has 0 unspecified atom stereocenters. The van der Waals surface area contributed by atoms with Crippen LogP contribution in [-0.2, 0) is 10.0 Å². The number of benzene rings is 1. The molecule has 0 aliphatic heterocycles. The fourth-order valence-corrected chi connectivity index (χ4v) is 3.92. The number of hydrogen-bond donors (Lipinski definition) is 1. The Hall–Kier alpha value is -1.14. The lowest BCUT2D eigenvalue weighted by Gasteiger charge is -2.24. The number of nitrogen functional groups attached to an aromatic ring is 1. The van der Waals surface area contributed by atoms with Gasteiger partial charge in [0.15, 0.2) is 0 Å². The van der Waals surface area contributed by atoms with Crippen LogP contribution in [0.1, 0.15) is 31.2 Å². The number of nitrogens with two attached hydrogens (primary N) is 1. The molecule has 1 aliphatic rings. The van der Waals surface area contributed by atoms with Gasteiger partial charge in [-0.3, -0.25) is 0 Å². The molecule has 0 amide bonds. The zero-order chi connectivity index (χ0) is 14.2. The number of halogens is 1. The van der Waals surface area contributed by atoms with E-state index in [1.165, 1.54) is 17.3 Å². The van der Waals surface area contributed by atoms with Gasteiger partial charge in [0.2, 0.25) is 10.0 Å². The van der Waals surface area contributed by atoms with E-state index in [-0.39, 0.29) is 22.2 Å². The molecule has 2 rings (SSSR count). The van der Waals surface area contributed by atoms with Crippen molar-refractivity contribution in [2.75, 3.05) is 12.8 Å². The SMILES string of the molecule is Cc1c(N)cc(S(=O)(=O)N(C)C2CCCC2)cc1F. The second-order valence-corrected chi connectivity index (χ2v) is 7.08. The number of rotatable bonds is 3. The Morgan fingerprint density at radius 3 is 2.42 bits per heavy atom. The van der Waals surface area contributed by atoms with Crippen LogP contribution in [0.2, 0.25) is 0 Å². The van der Waals surface area contributed by atoms with Crippen LogP contribution in [0, 0.1) is 12.7 Å². The summed E-state index contributed by atoms with van der Waals surface area (Å²) >= 11 is 0. The highest BCUT2D eigenvalue weighted by atomic mass is 32.2. The summed E-state index contributed by atoms with van der Waals surface area (Å²) in [6.45, 7) is 1.53. The molecule has 1 saturated carbocycles. The van der Waals surface area contributed by atoms with E-state index >= 15 is 0 Å². The topological polar surface area (TPSA) is 63.4 Å². The lowest BCUT2D eigenvalue weighted by molar-refractivity contribution is 0.373. The van der Waals surface area contributed by atoms with Crippen molar-refractivity contribution < 1.29 is 12.8 Å². The number of anilines is 1. The number of nitrogens with zero attached hydrogens (tertiary/aromatic N) is 1. The second kappa shape index (κ2) is 5.09. The van der Waals surface area contributed by atoms with Crippen LogP contribution in [0.15, 0.2) is 17.0 Å². The van der Waals surface area contributed by atoms with Gasteiger partial charge in [-0.1, -0.05) is 12.8 Å². The Kier molecular flexibility index (Phi) is 3.82. The summed E-state index contributed by atoms with van der Waals surface area (Å²) in [7, 11) is -2.12. The molecule has 1 aliphatic carbocycles. The maximum absolute atomic E-state index is 13.6. The third-order valence-electron chi connectivity index (χ3n) is 3.87. The van der Waals surface area contributed by atoms with Gasteiger partial charge in [0.1, 0.15) is 5.82 Å². The molecule has 1 aromatic carbocycles. The van der Waals surface area contributed by atoms with Crippen LogP contribution < -0.4 is 5.73 Å². The van der Waals surface area contributed by atoms with Crippen LogP contribution in [0.4, 0.5) is 10.1 Å². The number of sulfonamides is 1. The van der Waals surface area contributed by atoms with Crippen LogP contribution in [0.5, 0.6) is 0 Å². The van der Waals surface area contributed by atoms with Crippen LogP contribution >= 0.6 is 0 Å². The third-order valence-corrected chi connectivity index (χ3v) is 5.76. The average molecular weight is 286 g/mol. The Labute approximate surface area is 113 Å². The summed E-state index contributed by atoms with van der Waals surface area (Å²) in [5.74, 6) is -0.585. The quantitative estimate of drug-likeness (QED) is 0.867. The highest BCUT2D eigenvalue weighted by Gasteiger charge is 2.30. The molecule has 0 spiro atoms. The summed E-state index contributed by atoms with van der Waals surface area (Å²) in [4.78, 5) is -0.0671. The minimum absolute atomic E-state index is 0.00980. The molecule has 1 aromatic rings. The molecule has 4 nitrogen and oxygen atoms in total. The van der Waals surface area contributed by atoms with Crippen molar-refractivity contribution in [3.8, 4) is 0 Å². The maximum atomic E-state index is 13.6.